The fourth-order valence-corrected chi connectivity index (χ4v) is 2.85. The van der Waals surface area contributed by atoms with Crippen molar-refractivity contribution in [2.75, 3.05) is 0 Å². The van der Waals surface area contributed by atoms with E-state index in [0.29, 0.717) is 5.15 Å². The van der Waals surface area contributed by atoms with Gasteiger partial charge in [0, 0.05) is 10.8 Å². The van der Waals surface area contributed by atoms with Crippen LogP contribution in [-0.4, -0.2) is 8.75 Å². The Morgan fingerprint density at radius 2 is 1.87 bits per heavy atom. The monoisotopic (exact) mass is 276 g/mol. The molecular weight excluding hydrogens is 271 g/mol. The van der Waals surface area contributed by atoms with E-state index in [9.17, 15) is 0 Å². The van der Waals surface area contributed by atoms with Gasteiger partial charge in [0.2, 0.25) is 0 Å². The molecular formula is C9H6Cl2N2S2. The zero-order valence-corrected chi connectivity index (χ0v) is 10.6. The van der Waals surface area contributed by atoms with Gasteiger partial charge in [-0.2, -0.15) is 8.75 Å². The molecule has 2 nitrogen and oxygen atoms in total. The molecule has 0 aliphatic carbocycles. The molecule has 1 aromatic heterocycles. The van der Waals surface area contributed by atoms with Crippen LogP contribution in [0.25, 0.3) is 0 Å². The molecule has 2 rings (SSSR count). The number of benzene rings is 1. The van der Waals surface area contributed by atoms with E-state index in [1.54, 1.807) is 11.8 Å². The van der Waals surface area contributed by atoms with Crippen LogP contribution >= 0.6 is 46.7 Å². The molecule has 78 valence electrons. The quantitative estimate of drug-likeness (QED) is 0.789. The van der Waals surface area contributed by atoms with Crippen LogP contribution in [0.15, 0.2) is 29.3 Å². The highest BCUT2D eigenvalue weighted by Gasteiger charge is 2.05. The largest absolute Gasteiger partial charge is 0.176 e. The molecule has 0 saturated carbocycles. The van der Waals surface area contributed by atoms with Gasteiger partial charge in [0.1, 0.15) is 5.03 Å². The third-order valence-corrected chi connectivity index (χ3v) is 4.12. The fraction of sp³-hybridized carbons (Fsp3) is 0.111. The number of hydrogen-bond donors (Lipinski definition) is 0. The fourth-order valence-electron chi connectivity index (χ4n) is 0.988. The second-order valence-corrected chi connectivity index (χ2v) is 5.06. The van der Waals surface area contributed by atoms with Crippen molar-refractivity contribution in [1.82, 2.24) is 8.75 Å². The van der Waals surface area contributed by atoms with Crippen molar-refractivity contribution in [3.63, 3.8) is 0 Å². The van der Waals surface area contributed by atoms with Crippen molar-refractivity contribution in [2.45, 2.75) is 10.8 Å². The van der Waals surface area contributed by atoms with Crippen LogP contribution in [0.4, 0.5) is 0 Å². The predicted molar refractivity (Wildman–Crippen MR) is 65.9 cm³/mol. The highest BCUT2D eigenvalue weighted by atomic mass is 35.5. The van der Waals surface area contributed by atoms with Crippen LogP contribution in [0, 0.1) is 0 Å². The summed E-state index contributed by atoms with van der Waals surface area (Å²) in [6.45, 7) is 0. The van der Waals surface area contributed by atoms with Gasteiger partial charge in [-0.15, -0.1) is 0 Å². The molecule has 0 atom stereocenters. The molecule has 0 spiro atoms. The van der Waals surface area contributed by atoms with Crippen LogP contribution in [0.2, 0.25) is 10.2 Å². The van der Waals surface area contributed by atoms with Gasteiger partial charge in [-0.25, -0.2) is 0 Å². The first-order valence-electron chi connectivity index (χ1n) is 4.11. The van der Waals surface area contributed by atoms with Gasteiger partial charge in [-0.05, 0) is 17.7 Å². The van der Waals surface area contributed by atoms with Crippen LogP contribution < -0.4 is 0 Å². The summed E-state index contributed by atoms with van der Waals surface area (Å²) in [6.07, 6.45) is 0. The molecule has 1 aromatic carbocycles. The molecule has 0 unspecified atom stereocenters. The van der Waals surface area contributed by atoms with Gasteiger partial charge < -0.3 is 0 Å². The molecule has 0 amide bonds. The van der Waals surface area contributed by atoms with Crippen LogP contribution in [-0.2, 0) is 5.75 Å². The number of halogens is 2. The van der Waals surface area contributed by atoms with Gasteiger partial charge in [0.25, 0.3) is 0 Å². The molecule has 0 N–H and O–H groups in total. The van der Waals surface area contributed by atoms with E-state index in [1.807, 2.05) is 24.3 Å². The Kier molecular flexibility index (Phi) is 3.86. The second kappa shape index (κ2) is 5.16. The van der Waals surface area contributed by atoms with E-state index < -0.39 is 0 Å². The molecule has 0 radical (unpaired) electrons. The summed E-state index contributed by atoms with van der Waals surface area (Å²) in [5, 5.41) is 2.02. The van der Waals surface area contributed by atoms with Crippen LogP contribution in [0.5, 0.6) is 0 Å². The molecule has 0 fully saturated rings. The maximum atomic E-state index is 5.83. The maximum Gasteiger partial charge on any atom is 0.176 e. The van der Waals surface area contributed by atoms with E-state index in [4.69, 9.17) is 23.2 Å². The van der Waals surface area contributed by atoms with Crippen molar-refractivity contribution in [2.24, 2.45) is 0 Å². The van der Waals surface area contributed by atoms with Crippen molar-refractivity contribution in [3.05, 3.63) is 40.0 Å². The third kappa shape index (κ3) is 3.08. The van der Waals surface area contributed by atoms with Gasteiger partial charge in [-0.3, -0.25) is 0 Å². The summed E-state index contributed by atoms with van der Waals surface area (Å²) in [5.41, 5.74) is 1.19. The lowest BCUT2D eigenvalue weighted by Gasteiger charge is -1.99. The summed E-state index contributed by atoms with van der Waals surface area (Å²) < 4.78 is 7.98. The minimum absolute atomic E-state index is 0.485. The van der Waals surface area contributed by atoms with Gasteiger partial charge >= 0.3 is 0 Å². The summed E-state index contributed by atoms with van der Waals surface area (Å²) in [5.74, 6) is 0.822. The minimum Gasteiger partial charge on any atom is -0.165 e. The number of nitrogens with zero attached hydrogens (tertiary/aromatic N) is 2. The summed E-state index contributed by atoms with van der Waals surface area (Å²) in [4.78, 5) is 0. The Balaban J connectivity index is 1.99. The van der Waals surface area contributed by atoms with Gasteiger partial charge in [0.05, 0.1) is 11.7 Å². The zero-order chi connectivity index (χ0) is 10.7. The molecule has 2 aromatic rings. The van der Waals surface area contributed by atoms with E-state index in [1.165, 1.54) is 5.56 Å². The molecule has 15 heavy (non-hydrogen) atoms. The topological polar surface area (TPSA) is 25.8 Å². The number of aromatic nitrogens is 2. The second-order valence-electron chi connectivity index (χ2n) is 2.78. The van der Waals surface area contributed by atoms with Gasteiger partial charge in [0.15, 0.2) is 5.15 Å². The molecule has 0 bridgehead atoms. The number of hydrogen-bond acceptors (Lipinski definition) is 4. The lowest BCUT2D eigenvalue weighted by Crippen LogP contribution is -1.80. The standard InChI is InChI=1S/C9H6Cl2N2S2/c10-7-3-1-6(2-4-7)5-14-9-8(11)12-15-13-9/h1-4H,5H2. The molecule has 0 aliphatic rings. The third-order valence-electron chi connectivity index (χ3n) is 1.71. The molecule has 6 heteroatoms. The SMILES string of the molecule is Clc1ccc(CSc2nsnc2Cl)cc1. The minimum atomic E-state index is 0.485. The first-order chi connectivity index (χ1) is 7.25. The Morgan fingerprint density at radius 3 is 2.47 bits per heavy atom. The predicted octanol–water partition coefficient (Wildman–Crippen LogP) is 4.14. The highest BCUT2D eigenvalue weighted by molar-refractivity contribution is 7.98. The molecule has 1 heterocycles. The van der Waals surface area contributed by atoms with Gasteiger partial charge in [-0.1, -0.05) is 47.1 Å². The number of thioether (sulfide) groups is 1. The van der Waals surface area contributed by atoms with E-state index in [2.05, 4.69) is 8.75 Å². The summed E-state index contributed by atoms with van der Waals surface area (Å²) >= 11 is 14.3. The van der Waals surface area contributed by atoms with E-state index in [0.717, 1.165) is 27.5 Å². The van der Waals surface area contributed by atoms with Crippen molar-refractivity contribution >= 4 is 46.7 Å². The van der Waals surface area contributed by atoms with Crippen LogP contribution in [0.3, 0.4) is 0 Å². The Morgan fingerprint density at radius 1 is 1.13 bits per heavy atom. The summed E-state index contributed by atoms with van der Waals surface area (Å²) in [6, 6.07) is 7.72. The average molecular weight is 277 g/mol. The smallest absolute Gasteiger partial charge is 0.165 e. The Bertz CT molecular complexity index is 442. The van der Waals surface area contributed by atoms with Crippen LogP contribution in [0.1, 0.15) is 5.56 Å². The normalized spacial score (nSPS) is 10.5. The van der Waals surface area contributed by atoms with E-state index in [-0.39, 0.29) is 0 Å². The Labute approximate surface area is 106 Å². The number of rotatable bonds is 3. The lowest BCUT2D eigenvalue weighted by molar-refractivity contribution is 1.25. The summed E-state index contributed by atoms with van der Waals surface area (Å²) in [7, 11) is 0. The Hall–Kier alpha value is -0.290. The zero-order valence-electron chi connectivity index (χ0n) is 7.48. The first kappa shape index (κ1) is 11.2. The highest BCUT2D eigenvalue weighted by Crippen LogP contribution is 2.27. The molecule has 0 aliphatic heterocycles. The molecule has 0 saturated heterocycles. The average Bonchev–Trinajstić information content (AvgIpc) is 2.63. The van der Waals surface area contributed by atoms with Crippen molar-refractivity contribution < 1.29 is 0 Å². The van der Waals surface area contributed by atoms with Crippen molar-refractivity contribution in [1.29, 1.82) is 0 Å². The maximum absolute atomic E-state index is 5.83. The van der Waals surface area contributed by atoms with Crippen molar-refractivity contribution in [3.8, 4) is 0 Å². The van der Waals surface area contributed by atoms with E-state index >= 15 is 0 Å². The first-order valence-corrected chi connectivity index (χ1v) is 6.58. The lowest BCUT2D eigenvalue weighted by atomic mass is 10.2.